The van der Waals surface area contributed by atoms with Gasteiger partial charge < -0.3 is 0 Å². The van der Waals surface area contributed by atoms with E-state index in [4.69, 9.17) is 23.2 Å². The highest BCUT2D eigenvalue weighted by molar-refractivity contribution is 8.18. The van der Waals surface area contributed by atoms with E-state index in [0.29, 0.717) is 26.4 Å². The zero-order chi connectivity index (χ0) is 18.8. The van der Waals surface area contributed by atoms with Crippen LogP contribution in [0.25, 0.3) is 6.08 Å². The number of nitrogens with zero attached hydrogens (tertiary/aromatic N) is 1. The summed E-state index contributed by atoms with van der Waals surface area (Å²) in [6, 6.07) is 13.0. The summed E-state index contributed by atoms with van der Waals surface area (Å²) in [5.74, 6) is 0.138. The van der Waals surface area contributed by atoms with Gasteiger partial charge in [0.05, 0.1) is 11.4 Å². The molecular weight excluding hydrogens is 389 g/mol. The fraction of sp³-hybridized carbons (Fsp3) is 0.200. The van der Waals surface area contributed by atoms with Crippen molar-refractivity contribution in [2.75, 3.05) is 0 Å². The van der Waals surface area contributed by atoms with Gasteiger partial charge in [0.25, 0.3) is 11.1 Å². The van der Waals surface area contributed by atoms with Gasteiger partial charge in [-0.25, -0.2) is 0 Å². The van der Waals surface area contributed by atoms with Gasteiger partial charge in [-0.3, -0.25) is 14.5 Å². The minimum Gasteiger partial charge on any atom is -0.268 e. The summed E-state index contributed by atoms with van der Waals surface area (Å²) in [7, 11) is 0. The molecule has 0 unspecified atom stereocenters. The summed E-state index contributed by atoms with van der Waals surface area (Å²) in [4.78, 5) is 26.5. The number of carbonyl (C=O) groups is 2. The monoisotopic (exact) mass is 405 g/mol. The Morgan fingerprint density at radius 1 is 1.08 bits per heavy atom. The largest absolute Gasteiger partial charge is 0.293 e. The highest BCUT2D eigenvalue weighted by Crippen LogP contribution is 2.34. The fourth-order valence-electron chi connectivity index (χ4n) is 2.59. The van der Waals surface area contributed by atoms with Gasteiger partial charge in [-0.05, 0) is 52.6 Å². The predicted octanol–water partition coefficient (Wildman–Crippen LogP) is 6.35. The van der Waals surface area contributed by atoms with Gasteiger partial charge in [0, 0.05) is 10.0 Å². The molecule has 0 aromatic heterocycles. The molecule has 0 radical (unpaired) electrons. The number of rotatable bonds is 4. The van der Waals surface area contributed by atoms with Crippen LogP contribution in [0.3, 0.4) is 0 Å². The topological polar surface area (TPSA) is 37.4 Å². The van der Waals surface area contributed by atoms with Crippen molar-refractivity contribution in [2.24, 2.45) is 0 Å². The number of halogens is 2. The molecule has 1 fully saturated rings. The lowest BCUT2D eigenvalue weighted by atomic mass is 10.0. The number of hydrogen-bond acceptors (Lipinski definition) is 3. The summed E-state index contributed by atoms with van der Waals surface area (Å²) in [5.41, 5.74) is 2.80. The van der Waals surface area contributed by atoms with Gasteiger partial charge in [-0.15, -0.1) is 0 Å². The van der Waals surface area contributed by atoms with Crippen LogP contribution in [-0.2, 0) is 11.3 Å². The van der Waals surface area contributed by atoms with Crippen molar-refractivity contribution < 1.29 is 9.59 Å². The molecule has 0 N–H and O–H groups in total. The molecule has 0 bridgehead atoms. The molecule has 0 aliphatic carbocycles. The Hall–Kier alpha value is -1.75. The van der Waals surface area contributed by atoms with Crippen LogP contribution in [0.1, 0.15) is 36.5 Å². The number of carbonyl (C=O) groups excluding carboxylic acids is 2. The molecule has 0 saturated carbocycles. The standard InChI is InChI=1S/C20H17Cl2NO2S/c1-12(2)14-5-3-13(4-6-14)9-18-19(24)23(20(25)26-18)11-15-7-8-16(21)10-17(15)22/h3-10,12H,11H2,1-2H3/b18-9-. The second-order valence-electron chi connectivity index (χ2n) is 6.32. The zero-order valence-electron chi connectivity index (χ0n) is 14.3. The van der Waals surface area contributed by atoms with Crippen molar-refractivity contribution in [3.05, 3.63) is 74.1 Å². The first kappa shape index (κ1) is 19.0. The van der Waals surface area contributed by atoms with Gasteiger partial charge in [-0.1, -0.05) is 67.4 Å². The molecule has 6 heteroatoms. The van der Waals surface area contributed by atoms with E-state index in [-0.39, 0.29) is 17.7 Å². The van der Waals surface area contributed by atoms with E-state index in [2.05, 4.69) is 13.8 Å². The number of imide groups is 1. The van der Waals surface area contributed by atoms with Crippen LogP contribution in [0.15, 0.2) is 47.4 Å². The highest BCUT2D eigenvalue weighted by atomic mass is 35.5. The highest BCUT2D eigenvalue weighted by Gasteiger charge is 2.35. The molecule has 3 nitrogen and oxygen atoms in total. The summed E-state index contributed by atoms with van der Waals surface area (Å²) in [6.07, 6.45) is 1.75. The second kappa shape index (κ2) is 7.87. The maximum Gasteiger partial charge on any atom is 0.293 e. The third kappa shape index (κ3) is 4.14. The molecule has 2 aromatic rings. The maximum absolute atomic E-state index is 12.6. The van der Waals surface area contributed by atoms with Gasteiger partial charge >= 0.3 is 0 Å². The second-order valence-corrected chi connectivity index (χ2v) is 8.16. The quantitative estimate of drug-likeness (QED) is 0.555. The van der Waals surface area contributed by atoms with Crippen LogP contribution in [0.4, 0.5) is 4.79 Å². The Labute approximate surface area is 167 Å². The molecule has 0 spiro atoms. The molecular formula is C20H17Cl2NO2S. The minimum absolute atomic E-state index is 0.129. The van der Waals surface area contributed by atoms with Crippen LogP contribution >= 0.6 is 35.0 Å². The van der Waals surface area contributed by atoms with Crippen LogP contribution in [0.5, 0.6) is 0 Å². The van der Waals surface area contributed by atoms with Crippen molar-refractivity contribution in [2.45, 2.75) is 26.3 Å². The van der Waals surface area contributed by atoms with E-state index < -0.39 is 0 Å². The first-order valence-corrected chi connectivity index (χ1v) is 9.71. The Bertz CT molecular complexity index is 891. The summed E-state index contributed by atoms with van der Waals surface area (Å²) >= 11 is 13.0. The minimum atomic E-state index is -0.307. The Balaban J connectivity index is 1.79. The summed E-state index contributed by atoms with van der Waals surface area (Å²) in [6.45, 7) is 4.38. The molecule has 1 heterocycles. The smallest absolute Gasteiger partial charge is 0.268 e. The molecule has 26 heavy (non-hydrogen) atoms. The van der Waals surface area contributed by atoms with Crippen LogP contribution < -0.4 is 0 Å². The van der Waals surface area contributed by atoms with Crippen LogP contribution in [0, 0.1) is 0 Å². The number of thioether (sulfide) groups is 1. The molecule has 2 aromatic carbocycles. The third-order valence-electron chi connectivity index (χ3n) is 4.12. The van der Waals surface area contributed by atoms with Crippen molar-refractivity contribution in [1.82, 2.24) is 4.90 Å². The van der Waals surface area contributed by atoms with Gasteiger partial charge in [0.15, 0.2) is 0 Å². The number of hydrogen-bond donors (Lipinski definition) is 0. The molecule has 1 saturated heterocycles. The first-order valence-electron chi connectivity index (χ1n) is 8.14. The van der Waals surface area contributed by atoms with E-state index >= 15 is 0 Å². The third-order valence-corrected chi connectivity index (χ3v) is 5.61. The van der Waals surface area contributed by atoms with Crippen molar-refractivity contribution in [1.29, 1.82) is 0 Å². The fourth-order valence-corrected chi connectivity index (χ4v) is 3.89. The van der Waals surface area contributed by atoms with Crippen LogP contribution in [0.2, 0.25) is 10.0 Å². The average molecular weight is 406 g/mol. The van der Waals surface area contributed by atoms with E-state index in [1.54, 1.807) is 24.3 Å². The Kier molecular flexibility index (Phi) is 5.76. The van der Waals surface area contributed by atoms with Gasteiger partial charge in [-0.2, -0.15) is 0 Å². The molecule has 1 aliphatic heterocycles. The Morgan fingerprint density at radius 3 is 2.38 bits per heavy atom. The number of amides is 2. The Morgan fingerprint density at radius 2 is 1.77 bits per heavy atom. The molecule has 3 rings (SSSR count). The van der Waals surface area contributed by atoms with E-state index in [0.717, 1.165) is 17.3 Å². The van der Waals surface area contributed by atoms with Gasteiger partial charge in [0.2, 0.25) is 0 Å². The van der Waals surface area contributed by atoms with Crippen LogP contribution in [-0.4, -0.2) is 16.0 Å². The lowest BCUT2D eigenvalue weighted by molar-refractivity contribution is -0.123. The molecule has 0 atom stereocenters. The van der Waals surface area contributed by atoms with Crippen molar-refractivity contribution >= 4 is 52.2 Å². The molecule has 1 aliphatic rings. The lowest BCUT2D eigenvalue weighted by Crippen LogP contribution is -2.27. The predicted molar refractivity (Wildman–Crippen MR) is 109 cm³/mol. The SMILES string of the molecule is CC(C)c1ccc(/C=C2\SC(=O)N(Cc3ccc(Cl)cc3Cl)C2=O)cc1. The molecule has 134 valence electrons. The average Bonchev–Trinajstić information content (AvgIpc) is 2.85. The van der Waals surface area contributed by atoms with Crippen molar-refractivity contribution in [3.8, 4) is 0 Å². The van der Waals surface area contributed by atoms with Gasteiger partial charge in [0.1, 0.15) is 0 Å². The van der Waals surface area contributed by atoms with E-state index in [9.17, 15) is 9.59 Å². The normalized spacial score (nSPS) is 16.2. The van der Waals surface area contributed by atoms with Crippen molar-refractivity contribution in [3.63, 3.8) is 0 Å². The maximum atomic E-state index is 12.6. The lowest BCUT2D eigenvalue weighted by Gasteiger charge is -2.13. The first-order chi connectivity index (χ1) is 12.3. The summed E-state index contributed by atoms with van der Waals surface area (Å²) < 4.78 is 0. The van der Waals surface area contributed by atoms with E-state index in [1.165, 1.54) is 10.5 Å². The zero-order valence-corrected chi connectivity index (χ0v) is 16.7. The number of benzene rings is 2. The summed E-state index contributed by atoms with van der Waals surface area (Å²) in [5, 5.41) is 0.647. The van der Waals surface area contributed by atoms with E-state index in [1.807, 2.05) is 24.3 Å². The molecule has 2 amide bonds.